The van der Waals surface area contributed by atoms with Gasteiger partial charge in [-0.2, -0.15) is 0 Å². The van der Waals surface area contributed by atoms with E-state index in [2.05, 4.69) is 37.3 Å². The predicted molar refractivity (Wildman–Crippen MR) is 59.4 cm³/mol. The van der Waals surface area contributed by atoms with E-state index in [0.717, 1.165) is 0 Å². The second-order valence-corrected chi connectivity index (χ2v) is 3.42. The van der Waals surface area contributed by atoms with Crippen molar-refractivity contribution in [3.63, 3.8) is 0 Å². The van der Waals surface area contributed by atoms with Crippen LogP contribution in [0.25, 0.3) is 0 Å². The molecule has 0 fully saturated rings. The number of hydrogen-bond acceptors (Lipinski definition) is 2. The fourth-order valence-corrected chi connectivity index (χ4v) is 1.53. The zero-order valence-corrected chi connectivity index (χ0v) is 8.67. The third kappa shape index (κ3) is 2.14. The normalized spacial score (nSPS) is 12.1. The molecule has 14 heavy (non-hydrogen) atoms. The maximum atomic E-state index is 5.46. The van der Waals surface area contributed by atoms with Crippen molar-refractivity contribution in [2.75, 3.05) is 0 Å². The molecule has 2 heteroatoms. The molecule has 1 aromatic carbocycles. The molecule has 0 aromatic heterocycles. The Labute approximate surface area is 85.5 Å². The Hall–Kier alpha value is -1.30. The fraction of sp³-hybridized carbons (Fsp3) is 0.333. The van der Waals surface area contributed by atoms with Crippen molar-refractivity contribution in [2.24, 2.45) is 5.84 Å². The van der Waals surface area contributed by atoms with Crippen LogP contribution in [-0.4, -0.2) is 0 Å². The number of nitrogens with two attached hydrogens (primary N) is 1. The predicted octanol–water partition coefficient (Wildman–Crippen LogP) is 1.83. The SMILES string of the molecule is C#CCC(NN)c1cccc(C)c1C. The molecule has 1 rings (SSSR count). The second-order valence-electron chi connectivity index (χ2n) is 3.42. The number of nitrogens with one attached hydrogen (secondary N) is 1. The molecule has 1 unspecified atom stereocenters. The molecule has 0 saturated carbocycles. The summed E-state index contributed by atoms with van der Waals surface area (Å²) in [6, 6.07) is 6.23. The van der Waals surface area contributed by atoms with E-state index in [1.807, 2.05) is 6.07 Å². The number of benzene rings is 1. The molecule has 0 bridgehead atoms. The minimum atomic E-state index is 0.0555. The average Bonchev–Trinajstić information content (AvgIpc) is 2.19. The maximum absolute atomic E-state index is 5.46. The fourth-order valence-electron chi connectivity index (χ4n) is 1.53. The molecular formula is C12H16N2. The standard InChI is InChI=1S/C12H16N2/c1-4-6-12(14-13)11-8-5-7-9(2)10(11)3/h1,5,7-8,12,14H,6,13H2,2-3H3. The Bertz CT molecular complexity index is 350. The van der Waals surface area contributed by atoms with Gasteiger partial charge in [-0.1, -0.05) is 18.2 Å². The lowest BCUT2D eigenvalue weighted by Gasteiger charge is -2.17. The average molecular weight is 188 g/mol. The molecule has 0 aliphatic rings. The third-order valence-electron chi connectivity index (χ3n) is 2.55. The van der Waals surface area contributed by atoms with Crippen LogP contribution in [0.5, 0.6) is 0 Å². The molecule has 0 saturated heterocycles. The number of aryl methyl sites for hydroxylation is 1. The lowest BCUT2D eigenvalue weighted by atomic mass is 9.96. The van der Waals surface area contributed by atoms with Crippen LogP contribution in [0, 0.1) is 26.2 Å². The molecule has 0 aliphatic heterocycles. The van der Waals surface area contributed by atoms with Gasteiger partial charge in [0, 0.05) is 6.42 Å². The lowest BCUT2D eigenvalue weighted by Crippen LogP contribution is -2.28. The van der Waals surface area contributed by atoms with Gasteiger partial charge in [0.05, 0.1) is 6.04 Å². The first-order chi connectivity index (χ1) is 6.70. The Balaban J connectivity index is 3.05. The summed E-state index contributed by atoms with van der Waals surface area (Å²) in [7, 11) is 0. The second kappa shape index (κ2) is 4.80. The highest BCUT2D eigenvalue weighted by atomic mass is 15.2. The van der Waals surface area contributed by atoms with Gasteiger partial charge in [0.2, 0.25) is 0 Å². The van der Waals surface area contributed by atoms with Crippen molar-refractivity contribution in [1.82, 2.24) is 5.43 Å². The first-order valence-electron chi connectivity index (χ1n) is 4.66. The van der Waals surface area contributed by atoms with Gasteiger partial charge in [-0.05, 0) is 30.5 Å². The first-order valence-corrected chi connectivity index (χ1v) is 4.66. The summed E-state index contributed by atoms with van der Waals surface area (Å²) >= 11 is 0. The third-order valence-corrected chi connectivity index (χ3v) is 2.55. The number of hydrazine groups is 1. The van der Waals surface area contributed by atoms with Crippen LogP contribution in [0.2, 0.25) is 0 Å². The number of terminal acetylenes is 1. The largest absolute Gasteiger partial charge is 0.271 e. The Morgan fingerprint density at radius 3 is 2.79 bits per heavy atom. The zero-order chi connectivity index (χ0) is 10.6. The van der Waals surface area contributed by atoms with E-state index in [4.69, 9.17) is 12.3 Å². The minimum absolute atomic E-state index is 0.0555. The van der Waals surface area contributed by atoms with Gasteiger partial charge in [-0.3, -0.25) is 11.3 Å². The lowest BCUT2D eigenvalue weighted by molar-refractivity contribution is 0.565. The molecule has 74 valence electrons. The molecule has 1 aromatic rings. The zero-order valence-electron chi connectivity index (χ0n) is 8.67. The van der Waals surface area contributed by atoms with E-state index >= 15 is 0 Å². The molecule has 0 heterocycles. The molecule has 0 aliphatic carbocycles. The summed E-state index contributed by atoms with van der Waals surface area (Å²) in [5.74, 6) is 8.09. The summed E-state index contributed by atoms with van der Waals surface area (Å²) in [6.07, 6.45) is 5.90. The van der Waals surface area contributed by atoms with Gasteiger partial charge in [-0.25, -0.2) is 0 Å². The Kier molecular flexibility index (Phi) is 3.70. The van der Waals surface area contributed by atoms with Crippen molar-refractivity contribution in [1.29, 1.82) is 0 Å². The topological polar surface area (TPSA) is 38.0 Å². The van der Waals surface area contributed by atoms with Gasteiger partial charge < -0.3 is 0 Å². The van der Waals surface area contributed by atoms with Crippen LogP contribution >= 0.6 is 0 Å². The molecule has 3 N–H and O–H groups in total. The molecular weight excluding hydrogens is 172 g/mol. The van der Waals surface area contributed by atoms with E-state index < -0.39 is 0 Å². The summed E-state index contributed by atoms with van der Waals surface area (Å²) in [6.45, 7) is 4.17. The minimum Gasteiger partial charge on any atom is -0.271 e. The maximum Gasteiger partial charge on any atom is 0.0571 e. The van der Waals surface area contributed by atoms with Crippen molar-refractivity contribution >= 4 is 0 Å². The van der Waals surface area contributed by atoms with E-state index in [-0.39, 0.29) is 6.04 Å². The summed E-state index contributed by atoms with van der Waals surface area (Å²) in [5, 5.41) is 0. The quantitative estimate of drug-likeness (QED) is 0.431. The number of hydrogen-bond donors (Lipinski definition) is 2. The number of rotatable bonds is 3. The van der Waals surface area contributed by atoms with Crippen molar-refractivity contribution in [3.8, 4) is 12.3 Å². The summed E-state index contributed by atoms with van der Waals surface area (Å²) < 4.78 is 0. The van der Waals surface area contributed by atoms with E-state index in [1.165, 1.54) is 16.7 Å². The molecule has 0 amide bonds. The highest BCUT2D eigenvalue weighted by Gasteiger charge is 2.11. The van der Waals surface area contributed by atoms with Crippen molar-refractivity contribution < 1.29 is 0 Å². The van der Waals surface area contributed by atoms with Gasteiger partial charge in [-0.15, -0.1) is 12.3 Å². The van der Waals surface area contributed by atoms with Gasteiger partial charge in [0.15, 0.2) is 0 Å². The molecule has 0 spiro atoms. The van der Waals surface area contributed by atoms with Gasteiger partial charge in [0.25, 0.3) is 0 Å². The van der Waals surface area contributed by atoms with Gasteiger partial charge >= 0.3 is 0 Å². The van der Waals surface area contributed by atoms with Gasteiger partial charge in [0.1, 0.15) is 0 Å². The van der Waals surface area contributed by atoms with Crippen LogP contribution in [0.3, 0.4) is 0 Å². The van der Waals surface area contributed by atoms with Crippen LogP contribution in [0.4, 0.5) is 0 Å². The van der Waals surface area contributed by atoms with Crippen molar-refractivity contribution in [3.05, 3.63) is 34.9 Å². The summed E-state index contributed by atoms with van der Waals surface area (Å²) in [5.41, 5.74) is 6.45. The highest BCUT2D eigenvalue weighted by Crippen LogP contribution is 2.21. The summed E-state index contributed by atoms with van der Waals surface area (Å²) in [4.78, 5) is 0. The monoisotopic (exact) mass is 188 g/mol. The van der Waals surface area contributed by atoms with Crippen LogP contribution in [0.1, 0.15) is 29.2 Å². The molecule has 0 radical (unpaired) electrons. The van der Waals surface area contributed by atoms with Crippen molar-refractivity contribution in [2.45, 2.75) is 26.3 Å². The molecule has 2 nitrogen and oxygen atoms in total. The van der Waals surface area contributed by atoms with Crippen LogP contribution in [0.15, 0.2) is 18.2 Å². The van der Waals surface area contributed by atoms with Crippen LogP contribution < -0.4 is 11.3 Å². The van der Waals surface area contributed by atoms with E-state index in [9.17, 15) is 0 Å². The van der Waals surface area contributed by atoms with E-state index in [1.54, 1.807) is 0 Å². The first kappa shape index (κ1) is 10.8. The molecule has 1 atom stereocenters. The Morgan fingerprint density at radius 1 is 1.50 bits per heavy atom. The van der Waals surface area contributed by atoms with Crippen LogP contribution in [-0.2, 0) is 0 Å². The van der Waals surface area contributed by atoms with E-state index in [0.29, 0.717) is 6.42 Å². The Morgan fingerprint density at radius 2 is 2.21 bits per heavy atom. The smallest absolute Gasteiger partial charge is 0.0571 e. The highest BCUT2D eigenvalue weighted by molar-refractivity contribution is 5.35.